The van der Waals surface area contributed by atoms with Crippen molar-refractivity contribution in [1.29, 1.82) is 0 Å². The fraction of sp³-hybridized carbons (Fsp3) is 0.333. The lowest BCUT2D eigenvalue weighted by molar-refractivity contribution is -0.137. The van der Waals surface area contributed by atoms with Gasteiger partial charge in [-0.2, -0.15) is 13.2 Å². The maximum absolute atomic E-state index is 12.4. The molecule has 0 aliphatic rings. The molecule has 1 rings (SSSR count). The van der Waals surface area contributed by atoms with Gasteiger partial charge in [0.1, 0.15) is 6.04 Å². The average molecular weight is 314 g/mol. The van der Waals surface area contributed by atoms with Crippen molar-refractivity contribution in [2.75, 3.05) is 6.54 Å². The fourth-order valence-electron chi connectivity index (χ4n) is 1.61. The molecule has 0 bridgehead atoms. The van der Waals surface area contributed by atoms with Gasteiger partial charge in [-0.05, 0) is 37.6 Å². The molecule has 2 N–H and O–H groups in total. The van der Waals surface area contributed by atoms with Crippen LogP contribution in [0.1, 0.15) is 25.0 Å². The van der Waals surface area contributed by atoms with E-state index in [4.69, 9.17) is 0 Å². The van der Waals surface area contributed by atoms with Crippen LogP contribution in [0, 0.1) is 0 Å². The monoisotopic (exact) mass is 314 g/mol. The molecule has 1 atom stereocenters. The van der Waals surface area contributed by atoms with Crippen LogP contribution >= 0.6 is 0 Å². The number of hydrogen-bond donors (Lipinski definition) is 2. The van der Waals surface area contributed by atoms with Gasteiger partial charge < -0.3 is 10.6 Å². The van der Waals surface area contributed by atoms with Crippen LogP contribution in [0.2, 0.25) is 0 Å². The Bertz CT molecular complexity index is 551. The van der Waals surface area contributed by atoms with Crippen molar-refractivity contribution in [3.8, 4) is 0 Å². The number of benzene rings is 1. The van der Waals surface area contributed by atoms with E-state index in [-0.39, 0.29) is 5.91 Å². The molecular weight excluding hydrogens is 297 g/mol. The van der Waals surface area contributed by atoms with Gasteiger partial charge in [-0.1, -0.05) is 12.1 Å². The number of nitrogens with one attached hydrogen (secondary N) is 2. The van der Waals surface area contributed by atoms with Crippen LogP contribution in [0.25, 0.3) is 6.08 Å². The number of halogens is 3. The van der Waals surface area contributed by atoms with Gasteiger partial charge >= 0.3 is 6.18 Å². The van der Waals surface area contributed by atoms with Gasteiger partial charge in [0.15, 0.2) is 0 Å². The summed E-state index contributed by atoms with van der Waals surface area (Å²) in [4.78, 5) is 23.0. The molecule has 0 aromatic heterocycles. The summed E-state index contributed by atoms with van der Waals surface area (Å²) in [5.74, 6) is -0.808. The van der Waals surface area contributed by atoms with E-state index in [0.29, 0.717) is 12.1 Å². The van der Waals surface area contributed by atoms with Gasteiger partial charge in [-0.15, -0.1) is 0 Å². The van der Waals surface area contributed by atoms with Gasteiger partial charge in [0, 0.05) is 12.6 Å². The molecule has 2 amide bonds. The third-order valence-electron chi connectivity index (χ3n) is 2.77. The van der Waals surface area contributed by atoms with Crippen molar-refractivity contribution in [3.05, 3.63) is 41.5 Å². The molecule has 0 aliphatic carbocycles. The van der Waals surface area contributed by atoms with Crippen molar-refractivity contribution in [3.63, 3.8) is 0 Å². The quantitative estimate of drug-likeness (QED) is 0.820. The second kappa shape index (κ2) is 7.63. The molecule has 1 aromatic rings. The summed E-state index contributed by atoms with van der Waals surface area (Å²) in [7, 11) is 0. The molecule has 22 heavy (non-hydrogen) atoms. The van der Waals surface area contributed by atoms with E-state index in [0.717, 1.165) is 12.1 Å². The Hall–Kier alpha value is -2.31. The first-order chi connectivity index (χ1) is 10.2. The molecule has 0 heterocycles. The van der Waals surface area contributed by atoms with Gasteiger partial charge in [0.2, 0.25) is 11.8 Å². The Labute approximate surface area is 126 Å². The Morgan fingerprint density at radius 2 is 1.82 bits per heavy atom. The zero-order valence-corrected chi connectivity index (χ0v) is 12.2. The van der Waals surface area contributed by atoms with Crippen LogP contribution in [-0.2, 0) is 15.8 Å². The van der Waals surface area contributed by atoms with E-state index in [1.54, 1.807) is 6.92 Å². The molecular formula is C15H17F3N2O2. The standard InChI is InChI=1S/C15H17F3N2O2/c1-3-19-14(22)10(2)20-13(21)9-6-11-4-7-12(8-5-11)15(16,17)18/h4-10H,3H2,1-2H3,(H,19,22)(H,20,21). The summed E-state index contributed by atoms with van der Waals surface area (Å²) in [6.45, 7) is 3.76. The molecule has 0 saturated carbocycles. The van der Waals surface area contributed by atoms with E-state index in [2.05, 4.69) is 10.6 Å². The zero-order valence-electron chi connectivity index (χ0n) is 12.2. The summed E-state index contributed by atoms with van der Waals surface area (Å²) < 4.78 is 37.2. The molecule has 0 fully saturated rings. The summed E-state index contributed by atoms with van der Waals surface area (Å²) in [5, 5.41) is 5.01. The number of amides is 2. The second-order valence-corrected chi connectivity index (χ2v) is 4.58. The van der Waals surface area contributed by atoms with Crippen LogP contribution in [-0.4, -0.2) is 24.4 Å². The fourth-order valence-corrected chi connectivity index (χ4v) is 1.61. The second-order valence-electron chi connectivity index (χ2n) is 4.58. The minimum absolute atomic E-state index is 0.307. The molecule has 0 saturated heterocycles. The third-order valence-corrected chi connectivity index (χ3v) is 2.77. The van der Waals surface area contributed by atoms with Crippen LogP contribution < -0.4 is 10.6 Å². The highest BCUT2D eigenvalue weighted by Crippen LogP contribution is 2.29. The van der Waals surface area contributed by atoms with Gasteiger partial charge in [-0.25, -0.2) is 0 Å². The molecule has 0 radical (unpaired) electrons. The lowest BCUT2D eigenvalue weighted by Gasteiger charge is -2.11. The molecule has 7 heteroatoms. The third kappa shape index (κ3) is 5.59. The van der Waals surface area contributed by atoms with Crippen molar-refractivity contribution in [2.24, 2.45) is 0 Å². The van der Waals surface area contributed by atoms with Crippen molar-refractivity contribution >= 4 is 17.9 Å². The minimum atomic E-state index is -4.39. The van der Waals surface area contributed by atoms with Gasteiger partial charge in [0.25, 0.3) is 0 Å². The lowest BCUT2D eigenvalue weighted by Crippen LogP contribution is -2.44. The van der Waals surface area contributed by atoms with Crippen molar-refractivity contribution in [2.45, 2.75) is 26.1 Å². The van der Waals surface area contributed by atoms with E-state index in [1.165, 1.54) is 31.2 Å². The van der Waals surface area contributed by atoms with E-state index < -0.39 is 23.7 Å². The van der Waals surface area contributed by atoms with Crippen LogP contribution in [0.4, 0.5) is 13.2 Å². The first-order valence-electron chi connectivity index (χ1n) is 6.67. The number of likely N-dealkylation sites (N-methyl/N-ethyl adjacent to an activating group) is 1. The van der Waals surface area contributed by atoms with Crippen molar-refractivity contribution in [1.82, 2.24) is 10.6 Å². The Kier molecular flexibility index (Phi) is 6.15. The molecule has 1 aromatic carbocycles. The molecule has 4 nitrogen and oxygen atoms in total. The maximum atomic E-state index is 12.4. The van der Waals surface area contributed by atoms with Crippen LogP contribution in [0.3, 0.4) is 0 Å². The first kappa shape index (κ1) is 17.7. The Balaban J connectivity index is 2.61. The van der Waals surface area contributed by atoms with Crippen LogP contribution in [0.15, 0.2) is 30.3 Å². The molecule has 1 unspecified atom stereocenters. The molecule has 120 valence electrons. The summed E-state index contributed by atoms with van der Waals surface area (Å²) in [5.41, 5.74) is -0.298. The zero-order chi connectivity index (χ0) is 16.8. The highest BCUT2D eigenvalue weighted by atomic mass is 19.4. The van der Waals surface area contributed by atoms with E-state index >= 15 is 0 Å². The Morgan fingerprint density at radius 3 is 2.32 bits per heavy atom. The lowest BCUT2D eigenvalue weighted by atomic mass is 10.1. The number of alkyl halides is 3. The predicted molar refractivity (Wildman–Crippen MR) is 76.8 cm³/mol. The van der Waals surface area contributed by atoms with E-state index in [1.807, 2.05) is 0 Å². The van der Waals surface area contributed by atoms with E-state index in [9.17, 15) is 22.8 Å². The van der Waals surface area contributed by atoms with Gasteiger partial charge in [-0.3, -0.25) is 9.59 Å². The minimum Gasteiger partial charge on any atom is -0.355 e. The smallest absolute Gasteiger partial charge is 0.355 e. The van der Waals surface area contributed by atoms with Gasteiger partial charge in [0.05, 0.1) is 5.56 Å². The highest BCUT2D eigenvalue weighted by Gasteiger charge is 2.29. The number of carbonyl (C=O) groups is 2. The summed E-state index contributed by atoms with van der Waals surface area (Å²) >= 11 is 0. The summed E-state index contributed by atoms with van der Waals surface area (Å²) in [6.07, 6.45) is -1.85. The normalized spacial score (nSPS) is 13.0. The largest absolute Gasteiger partial charge is 0.416 e. The predicted octanol–water partition coefficient (Wildman–Crippen LogP) is 2.36. The van der Waals surface area contributed by atoms with Crippen LogP contribution in [0.5, 0.6) is 0 Å². The summed E-state index contributed by atoms with van der Waals surface area (Å²) in [6, 6.07) is 3.72. The number of hydrogen-bond acceptors (Lipinski definition) is 2. The Morgan fingerprint density at radius 1 is 1.23 bits per heavy atom. The van der Waals surface area contributed by atoms with Crippen molar-refractivity contribution < 1.29 is 22.8 Å². The first-order valence-corrected chi connectivity index (χ1v) is 6.67. The highest BCUT2D eigenvalue weighted by molar-refractivity contribution is 5.95. The maximum Gasteiger partial charge on any atom is 0.416 e. The SMILES string of the molecule is CCNC(=O)C(C)NC(=O)C=Cc1ccc(C(F)(F)F)cc1. The molecule has 0 spiro atoms. The number of carbonyl (C=O) groups excluding carboxylic acids is 2. The number of rotatable bonds is 5. The average Bonchev–Trinajstić information content (AvgIpc) is 2.45. The molecule has 0 aliphatic heterocycles. The topological polar surface area (TPSA) is 58.2 Å².